The maximum absolute atomic E-state index is 3.95. The molecule has 1 rings (SSSR count). The topological polar surface area (TPSA) is 17.8 Å². The van der Waals surface area contributed by atoms with Crippen molar-refractivity contribution in [3.63, 3.8) is 0 Å². The molecule has 0 bridgehead atoms. The van der Waals surface area contributed by atoms with E-state index in [1.165, 1.54) is 0 Å². The fraction of sp³-hybridized carbons (Fsp3) is 0.222. The van der Waals surface area contributed by atoms with Crippen LogP contribution in [0.4, 0.5) is 0 Å². The lowest BCUT2D eigenvalue weighted by molar-refractivity contribution is 0.613. The second kappa shape index (κ2) is 5.77. The van der Waals surface area contributed by atoms with Crippen LogP contribution in [0.5, 0.6) is 0 Å². The molecule has 1 aromatic rings. The lowest BCUT2D eigenvalue weighted by atomic mass is 10.2. The fourth-order valence-corrected chi connectivity index (χ4v) is 0.976. The molecule has 0 fully saturated rings. The van der Waals surface area contributed by atoms with Crippen LogP contribution < -0.4 is 0 Å². The molecule has 0 aliphatic heterocycles. The van der Waals surface area contributed by atoms with E-state index >= 15 is 0 Å². The quantitative estimate of drug-likeness (QED) is 0.726. The Morgan fingerprint density at radius 2 is 2.25 bits per heavy atom. The van der Waals surface area contributed by atoms with Crippen LogP contribution in [-0.4, -0.2) is 9.55 Å². The molecule has 66 valence electrons. The van der Waals surface area contributed by atoms with Crippen molar-refractivity contribution in [2.24, 2.45) is 0 Å². The Labute approximate surface area is 83.4 Å². The number of nitrogens with zero attached hydrogens (tertiary/aromatic N) is 2. The Balaban J connectivity index is 0.00000121. The number of halogens is 1. The Morgan fingerprint density at radius 3 is 2.67 bits per heavy atom. The molecule has 3 heteroatoms. The fourth-order valence-electron chi connectivity index (χ4n) is 0.976. The van der Waals surface area contributed by atoms with Gasteiger partial charge >= 0.3 is 0 Å². The van der Waals surface area contributed by atoms with Crippen molar-refractivity contribution in [2.45, 2.75) is 12.5 Å². The lowest BCUT2D eigenvalue weighted by Gasteiger charge is -2.10. The van der Waals surface area contributed by atoms with Crippen LogP contribution in [0.15, 0.2) is 44.0 Å². The molecule has 0 aliphatic rings. The summed E-state index contributed by atoms with van der Waals surface area (Å²) in [5.41, 5.74) is 0. The number of aromatic nitrogens is 2. The van der Waals surface area contributed by atoms with Gasteiger partial charge in [-0.05, 0) is 6.42 Å². The molecule has 0 aromatic carbocycles. The minimum atomic E-state index is 0. The first-order valence-corrected chi connectivity index (χ1v) is 3.59. The highest BCUT2D eigenvalue weighted by molar-refractivity contribution is 8.93. The van der Waals surface area contributed by atoms with Gasteiger partial charge in [0.15, 0.2) is 0 Å². The van der Waals surface area contributed by atoms with Crippen LogP contribution in [0.3, 0.4) is 0 Å². The Morgan fingerprint density at radius 1 is 1.50 bits per heavy atom. The number of hydrogen-bond donors (Lipinski definition) is 0. The molecule has 12 heavy (non-hydrogen) atoms. The van der Waals surface area contributed by atoms with Crippen LogP contribution in [0.2, 0.25) is 0 Å². The molecule has 0 saturated carbocycles. The third-order valence-electron chi connectivity index (χ3n) is 1.59. The zero-order chi connectivity index (χ0) is 8.10. The summed E-state index contributed by atoms with van der Waals surface area (Å²) in [7, 11) is 0. The molecule has 0 saturated heterocycles. The molecule has 2 nitrogen and oxygen atoms in total. The summed E-state index contributed by atoms with van der Waals surface area (Å²) in [6, 6.07) is 0.301. The van der Waals surface area contributed by atoms with Crippen molar-refractivity contribution in [3.05, 3.63) is 44.0 Å². The monoisotopic (exact) mass is 228 g/mol. The van der Waals surface area contributed by atoms with E-state index in [2.05, 4.69) is 18.1 Å². The second-order valence-electron chi connectivity index (χ2n) is 2.34. The minimum absolute atomic E-state index is 0. The van der Waals surface area contributed by atoms with Crippen LogP contribution in [0.25, 0.3) is 0 Å². The summed E-state index contributed by atoms with van der Waals surface area (Å²) in [6.07, 6.45) is 10.2. The largest absolute Gasteiger partial charge is 0.330 e. The first-order chi connectivity index (χ1) is 5.38. The number of hydrogen-bond acceptors (Lipinski definition) is 1. The van der Waals surface area contributed by atoms with E-state index in [1.807, 2.05) is 22.9 Å². The minimum Gasteiger partial charge on any atom is -0.330 e. The van der Waals surface area contributed by atoms with Crippen LogP contribution in [0, 0.1) is 0 Å². The predicted octanol–water partition coefficient (Wildman–Crippen LogP) is 2.76. The van der Waals surface area contributed by atoms with Gasteiger partial charge in [-0.1, -0.05) is 12.2 Å². The lowest BCUT2D eigenvalue weighted by Crippen LogP contribution is -2.01. The third-order valence-corrected chi connectivity index (χ3v) is 1.59. The van der Waals surface area contributed by atoms with Crippen molar-refractivity contribution >= 4 is 17.0 Å². The van der Waals surface area contributed by atoms with Gasteiger partial charge in [0, 0.05) is 12.4 Å². The Hall–Kier alpha value is -0.830. The summed E-state index contributed by atoms with van der Waals surface area (Å²) >= 11 is 0. The van der Waals surface area contributed by atoms with E-state index in [0.717, 1.165) is 6.42 Å². The summed E-state index contributed by atoms with van der Waals surface area (Å²) in [4.78, 5) is 3.95. The van der Waals surface area contributed by atoms with Gasteiger partial charge in [0.1, 0.15) is 0 Å². The average Bonchev–Trinajstić information content (AvgIpc) is 2.52. The van der Waals surface area contributed by atoms with Crippen molar-refractivity contribution < 1.29 is 0 Å². The highest BCUT2D eigenvalue weighted by atomic mass is 79.9. The van der Waals surface area contributed by atoms with E-state index in [-0.39, 0.29) is 17.0 Å². The molecule has 1 aromatic heterocycles. The zero-order valence-electron chi connectivity index (χ0n) is 6.89. The molecular weight excluding hydrogens is 216 g/mol. The summed E-state index contributed by atoms with van der Waals surface area (Å²) < 4.78 is 2.01. The number of allylic oxidation sites excluding steroid dienone is 2. The van der Waals surface area contributed by atoms with Crippen LogP contribution in [-0.2, 0) is 0 Å². The van der Waals surface area contributed by atoms with Crippen molar-refractivity contribution in [2.75, 3.05) is 0 Å². The zero-order valence-corrected chi connectivity index (χ0v) is 8.60. The van der Waals surface area contributed by atoms with Crippen molar-refractivity contribution in [1.29, 1.82) is 0 Å². The Bertz CT molecular complexity index is 229. The molecule has 0 amide bonds. The predicted molar refractivity (Wildman–Crippen MR) is 56.6 cm³/mol. The van der Waals surface area contributed by atoms with E-state index in [9.17, 15) is 0 Å². The number of rotatable bonds is 4. The summed E-state index contributed by atoms with van der Waals surface area (Å²) in [5.74, 6) is 0. The molecule has 0 radical (unpaired) electrons. The first-order valence-electron chi connectivity index (χ1n) is 3.59. The summed E-state index contributed by atoms with van der Waals surface area (Å²) in [5, 5.41) is 0. The van der Waals surface area contributed by atoms with E-state index in [4.69, 9.17) is 0 Å². The van der Waals surface area contributed by atoms with E-state index in [1.54, 1.807) is 12.5 Å². The molecular formula is C9H13BrN2. The maximum atomic E-state index is 3.95. The normalized spacial score (nSPS) is 11.3. The van der Waals surface area contributed by atoms with Gasteiger partial charge in [-0.25, -0.2) is 4.98 Å². The van der Waals surface area contributed by atoms with Gasteiger partial charge in [-0.15, -0.1) is 30.1 Å². The second-order valence-corrected chi connectivity index (χ2v) is 2.34. The van der Waals surface area contributed by atoms with Gasteiger partial charge in [0.25, 0.3) is 0 Å². The van der Waals surface area contributed by atoms with Crippen LogP contribution in [0.1, 0.15) is 12.5 Å². The van der Waals surface area contributed by atoms with Crippen molar-refractivity contribution in [3.8, 4) is 0 Å². The first kappa shape index (κ1) is 11.2. The molecule has 1 unspecified atom stereocenters. The SMILES string of the molecule is Br.C=CCC(C=C)n1ccnc1. The van der Waals surface area contributed by atoms with Crippen LogP contribution >= 0.6 is 17.0 Å². The molecule has 0 aliphatic carbocycles. The van der Waals surface area contributed by atoms with Gasteiger partial charge < -0.3 is 4.57 Å². The van der Waals surface area contributed by atoms with Gasteiger partial charge in [0.05, 0.1) is 12.4 Å². The highest BCUT2D eigenvalue weighted by Crippen LogP contribution is 2.11. The van der Waals surface area contributed by atoms with Gasteiger partial charge in [-0.3, -0.25) is 0 Å². The molecule has 0 N–H and O–H groups in total. The summed E-state index contributed by atoms with van der Waals surface area (Å²) in [6.45, 7) is 7.42. The van der Waals surface area contributed by atoms with E-state index < -0.39 is 0 Å². The molecule has 1 atom stereocenters. The Kier molecular flexibility index (Phi) is 5.37. The smallest absolute Gasteiger partial charge is 0.0951 e. The third kappa shape index (κ3) is 2.66. The number of imidazole rings is 1. The highest BCUT2D eigenvalue weighted by Gasteiger charge is 2.01. The molecule has 0 spiro atoms. The van der Waals surface area contributed by atoms with Gasteiger partial charge in [-0.2, -0.15) is 0 Å². The van der Waals surface area contributed by atoms with Crippen molar-refractivity contribution in [1.82, 2.24) is 9.55 Å². The maximum Gasteiger partial charge on any atom is 0.0951 e. The van der Waals surface area contributed by atoms with Gasteiger partial charge in [0.2, 0.25) is 0 Å². The standard InChI is InChI=1S/C9H12N2.BrH/c1-3-5-9(4-2)11-7-6-10-8-11;/h3-4,6-9H,1-2,5H2;1H. The van der Waals surface area contributed by atoms with E-state index in [0.29, 0.717) is 6.04 Å². The average molecular weight is 229 g/mol. The molecule has 1 heterocycles.